The van der Waals surface area contributed by atoms with Gasteiger partial charge in [0.2, 0.25) is 0 Å². The van der Waals surface area contributed by atoms with Crippen molar-refractivity contribution in [3.8, 4) is 5.75 Å². The molecular weight excluding hydrogens is 262 g/mol. The summed E-state index contributed by atoms with van der Waals surface area (Å²) in [4.78, 5) is 2.33. The van der Waals surface area contributed by atoms with Gasteiger partial charge >= 0.3 is 0 Å². The fourth-order valence-electron chi connectivity index (χ4n) is 2.60. The van der Waals surface area contributed by atoms with Gasteiger partial charge in [0.15, 0.2) is 0 Å². The third-order valence-corrected chi connectivity index (χ3v) is 4.27. The largest absolute Gasteiger partial charge is 0.492 e. The molecule has 0 aliphatic carbocycles. The Hall–Kier alpha value is -0.770. The first-order chi connectivity index (χ1) is 9.20. The predicted molar refractivity (Wildman–Crippen MR) is 77.7 cm³/mol. The molecule has 0 radical (unpaired) electrons. The number of hydrogen-bond donors (Lipinski definition) is 1. The summed E-state index contributed by atoms with van der Waals surface area (Å²) in [6, 6.07) is 7.48. The normalized spacial score (nSPS) is 19.3. The third kappa shape index (κ3) is 4.10. The Morgan fingerprint density at radius 3 is 2.68 bits per heavy atom. The molecule has 0 bridgehead atoms. The van der Waals surface area contributed by atoms with Crippen LogP contribution in [0.15, 0.2) is 24.3 Å². The second-order valence-electron chi connectivity index (χ2n) is 5.32. The van der Waals surface area contributed by atoms with Gasteiger partial charge in [0.1, 0.15) is 5.75 Å². The molecule has 106 valence electrons. The maximum absolute atomic E-state index is 9.56. The molecule has 3 nitrogen and oxygen atoms in total. The van der Waals surface area contributed by atoms with Crippen molar-refractivity contribution >= 4 is 11.6 Å². The number of benzene rings is 1. The van der Waals surface area contributed by atoms with Gasteiger partial charge in [-0.2, -0.15) is 0 Å². The van der Waals surface area contributed by atoms with Crippen LogP contribution in [0.2, 0.25) is 5.02 Å². The molecule has 0 aromatic heterocycles. The summed E-state index contributed by atoms with van der Waals surface area (Å²) >= 11 is 6.06. The van der Waals surface area contributed by atoms with Crippen LogP contribution in [0.5, 0.6) is 5.75 Å². The van der Waals surface area contributed by atoms with Crippen molar-refractivity contribution in [2.45, 2.75) is 12.8 Å². The first-order valence-electron chi connectivity index (χ1n) is 6.87. The van der Waals surface area contributed by atoms with E-state index in [1.165, 1.54) is 0 Å². The Morgan fingerprint density at radius 1 is 1.37 bits per heavy atom. The number of para-hydroxylation sites is 1. The van der Waals surface area contributed by atoms with Crippen LogP contribution in [0.1, 0.15) is 12.8 Å². The number of aliphatic hydroxyl groups is 1. The lowest BCUT2D eigenvalue weighted by atomic mass is 9.85. The van der Waals surface area contributed by atoms with Crippen molar-refractivity contribution in [2.24, 2.45) is 11.8 Å². The van der Waals surface area contributed by atoms with E-state index in [0.717, 1.165) is 25.9 Å². The number of ether oxygens (including phenoxy) is 1. The Morgan fingerprint density at radius 2 is 2.05 bits per heavy atom. The van der Waals surface area contributed by atoms with Crippen molar-refractivity contribution < 1.29 is 9.84 Å². The highest BCUT2D eigenvalue weighted by molar-refractivity contribution is 6.32. The lowest BCUT2D eigenvalue weighted by Gasteiger charge is -2.33. The molecule has 1 aliphatic heterocycles. The van der Waals surface area contributed by atoms with E-state index < -0.39 is 0 Å². The van der Waals surface area contributed by atoms with Crippen LogP contribution in [0.4, 0.5) is 0 Å². The lowest BCUT2D eigenvalue weighted by molar-refractivity contribution is 0.0809. The predicted octanol–water partition coefficient (Wildman–Crippen LogP) is 2.67. The molecule has 1 aromatic carbocycles. The number of nitrogens with zero attached hydrogens (tertiary/aromatic N) is 1. The zero-order valence-corrected chi connectivity index (χ0v) is 12.1. The first-order valence-corrected chi connectivity index (χ1v) is 7.25. The summed E-state index contributed by atoms with van der Waals surface area (Å²) in [6.45, 7) is 2.92. The summed E-state index contributed by atoms with van der Waals surface area (Å²) in [7, 11) is 2.14. The van der Waals surface area contributed by atoms with E-state index in [4.69, 9.17) is 16.3 Å². The Kier molecular flexibility index (Phi) is 5.49. The Bertz CT molecular complexity index is 391. The molecule has 19 heavy (non-hydrogen) atoms. The monoisotopic (exact) mass is 283 g/mol. The molecule has 0 saturated carbocycles. The van der Waals surface area contributed by atoms with Gasteiger partial charge in [0, 0.05) is 12.5 Å². The molecule has 1 atom stereocenters. The van der Waals surface area contributed by atoms with Gasteiger partial charge in [-0.15, -0.1) is 0 Å². The third-order valence-electron chi connectivity index (χ3n) is 3.95. The number of hydrogen-bond acceptors (Lipinski definition) is 3. The quantitative estimate of drug-likeness (QED) is 0.902. The highest BCUT2D eigenvalue weighted by Crippen LogP contribution is 2.27. The second-order valence-corrected chi connectivity index (χ2v) is 5.73. The number of halogens is 1. The van der Waals surface area contributed by atoms with E-state index in [1.54, 1.807) is 0 Å². The highest BCUT2D eigenvalue weighted by Gasteiger charge is 2.25. The fraction of sp³-hybridized carbons (Fsp3) is 0.600. The zero-order valence-electron chi connectivity index (χ0n) is 11.4. The van der Waals surface area contributed by atoms with Crippen molar-refractivity contribution in [1.29, 1.82) is 0 Å². The number of rotatable bonds is 5. The van der Waals surface area contributed by atoms with Crippen LogP contribution in [0.25, 0.3) is 0 Å². The maximum atomic E-state index is 9.56. The minimum Gasteiger partial charge on any atom is -0.492 e. The van der Waals surface area contributed by atoms with Crippen molar-refractivity contribution in [3.63, 3.8) is 0 Å². The SMILES string of the molecule is CN1CCC(C(CO)COc2ccccc2Cl)CC1. The van der Waals surface area contributed by atoms with E-state index in [2.05, 4.69) is 11.9 Å². The lowest BCUT2D eigenvalue weighted by Crippen LogP contribution is -2.36. The molecule has 4 heteroatoms. The summed E-state index contributed by atoms with van der Waals surface area (Å²) in [5.41, 5.74) is 0. The second kappa shape index (κ2) is 7.13. The van der Waals surface area contributed by atoms with E-state index in [9.17, 15) is 5.11 Å². The van der Waals surface area contributed by atoms with Crippen LogP contribution in [-0.4, -0.2) is 43.4 Å². The average Bonchev–Trinajstić information content (AvgIpc) is 2.43. The Labute approximate surface area is 120 Å². The molecule has 1 aromatic rings. The molecular formula is C15H22ClNO2. The minimum atomic E-state index is 0.179. The van der Waals surface area contributed by atoms with E-state index >= 15 is 0 Å². The highest BCUT2D eigenvalue weighted by atomic mass is 35.5. The standard InChI is InChI=1S/C15H22ClNO2/c1-17-8-6-12(7-9-17)13(10-18)11-19-15-5-3-2-4-14(15)16/h2-5,12-13,18H,6-11H2,1H3. The van der Waals surface area contributed by atoms with E-state index in [1.807, 2.05) is 24.3 Å². The molecule has 1 heterocycles. The maximum Gasteiger partial charge on any atom is 0.137 e. The van der Waals surface area contributed by atoms with Crippen molar-refractivity contribution in [3.05, 3.63) is 29.3 Å². The van der Waals surface area contributed by atoms with E-state index in [-0.39, 0.29) is 12.5 Å². The first kappa shape index (κ1) is 14.6. The van der Waals surface area contributed by atoms with Crippen LogP contribution in [-0.2, 0) is 0 Å². The van der Waals surface area contributed by atoms with Crippen LogP contribution in [0.3, 0.4) is 0 Å². The molecule has 2 rings (SSSR count). The smallest absolute Gasteiger partial charge is 0.137 e. The van der Waals surface area contributed by atoms with Crippen LogP contribution < -0.4 is 4.74 Å². The molecule has 1 aliphatic rings. The zero-order chi connectivity index (χ0) is 13.7. The topological polar surface area (TPSA) is 32.7 Å². The number of piperidine rings is 1. The van der Waals surface area contributed by atoms with Gasteiger partial charge in [-0.1, -0.05) is 23.7 Å². The number of likely N-dealkylation sites (tertiary alicyclic amines) is 1. The summed E-state index contributed by atoms with van der Waals surface area (Å²) in [5.74, 6) is 1.45. The van der Waals surface area contributed by atoms with Crippen molar-refractivity contribution in [1.82, 2.24) is 4.90 Å². The van der Waals surface area contributed by atoms with Gasteiger partial charge in [0.25, 0.3) is 0 Å². The molecule has 0 spiro atoms. The summed E-state index contributed by atoms with van der Waals surface area (Å²) in [5, 5.41) is 10.2. The molecule has 1 unspecified atom stereocenters. The summed E-state index contributed by atoms with van der Waals surface area (Å²) < 4.78 is 5.76. The van der Waals surface area contributed by atoms with Gasteiger partial charge in [-0.05, 0) is 51.0 Å². The minimum absolute atomic E-state index is 0.179. The molecule has 1 saturated heterocycles. The van der Waals surface area contributed by atoms with Gasteiger partial charge in [-0.3, -0.25) is 0 Å². The fourth-order valence-corrected chi connectivity index (χ4v) is 2.79. The summed E-state index contributed by atoms with van der Waals surface area (Å²) in [6.07, 6.45) is 2.27. The molecule has 1 N–H and O–H groups in total. The van der Waals surface area contributed by atoms with E-state index in [0.29, 0.717) is 23.3 Å². The van der Waals surface area contributed by atoms with Gasteiger partial charge in [-0.25, -0.2) is 0 Å². The Balaban J connectivity index is 1.87. The molecule has 0 amide bonds. The van der Waals surface area contributed by atoms with Crippen LogP contribution >= 0.6 is 11.6 Å². The number of aliphatic hydroxyl groups excluding tert-OH is 1. The van der Waals surface area contributed by atoms with Crippen molar-refractivity contribution in [2.75, 3.05) is 33.4 Å². The van der Waals surface area contributed by atoms with Crippen LogP contribution in [0, 0.1) is 11.8 Å². The molecule has 1 fully saturated rings. The van der Waals surface area contributed by atoms with Gasteiger partial charge < -0.3 is 14.7 Å². The average molecular weight is 284 g/mol. The van der Waals surface area contributed by atoms with Gasteiger partial charge in [0.05, 0.1) is 11.6 Å².